The fourth-order valence-electron chi connectivity index (χ4n) is 3.12. The van der Waals surface area contributed by atoms with Crippen LogP contribution in [0.15, 0.2) is 42.9 Å². The highest BCUT2D eigenvalue weighted by Crippen LogP contribution is 2.38. The van der Waals surface area contributed by atoms with E-state index in [1.807, 2.05) is 18.2 Å². The monoisotopic (exact) mass is 344 g/mol. The topological polar surface area (TPSA) is 53.3 Å². The van der Waals surface area contributed by atoms with Gasteiger partial charge in [-0.2, -0.15) is 0 Å². The molecule has 3 heterocycles. The van der Waals surface area contributed by atoms with E-state index in [-0.39, 0.29) is 24.2 Å². The van der Waals surface area contributed by atoms with Gasteiger partial charge >= 0.3 is 0 Å². The fraction of sp³-hybridized carbons (Fsp3) is 0.444. The van der Waals surface area contributed by atoms with Gasteiger partial charge in [0.05, 0.1) is 24.4 Å². The number of nitrogens with one attached hydrogen (secondary N) is 1. The molecule has 1 aliphatic heterocycles. The third-order valence-corrected chi connectivity index (χ3v) is 4.72. The number of hydrogen-bond acceptors (Lipinski definition) is 3. The van der Waals surface area contributed by atoms with E-state index in [2.05, 4.69) is 59.0 Å². The van der Waals surface area contributed by atoms with Crippen LogP contribution in [0.5, 0.6) is 0 Å². The number of nitrogens with zero attached hydrogens (tertiary/aromatic N) is 3. The highest BCUT2D eigenvalue weighted by molar-refractivity contribution is 7.80. The molecule has 5 nitrogen and oxygen atoms in total. The lowest BCUT2D eigenvalue weighted by atomic mass is 9.99. The Morgan fingerprint density at radius 1 is 1.29 bits per heavy atom. The van der Waals surface area contributed by atoms with Gasteiger partial charge in [-0.25, -0.2) is 0 Å². The van der Waals surface area contributed by atoms with Crippen molar-refractivity contribution in [3.63, 3.8) is 0 Å². The zero-order chi connectivity index (χ0) is 17.3. The Morgan fingerprint density at radius 2 is 2.08 bits per heavy atom. The van der Waals surface area contributed by atoms with Crippen LogP contribution < -0.4 is 5.32 Å². The minimum Gasteiger partial charge on any atom is -0.395 e. The van der Waals surface area contributed by atoms with E-state index in [1.165, 1.54) is 5.56 Å². The number of thiocarbonyl (C=S) groups is 1. The molecule has 2 unspecified atom stereocenters. The van der Waals surface area contributed by atoms with Crippen LogP contribution in [0.2, 0.25) is 0 Å². The van der Waals surface area contributed by atoms with Crippen molar-refractivity contribution in [2.24, 2.45) is 0 Å². The van der Waals surface area contributed by atoms with Gasteiger partial charge in [0.1, 0.15) is 0 Å². The SMILES string of the molecule is CC(C)(C)n1ccc(C2C(c3ccccn3)NC(=S)N2CCO)c1. The maximum absolute atomic E-state index is 9.45. The first-order valence-corrected chi connectivity index (χ1v) is 8.60. The summed E-state index contributed by atoms with van der Waals surface area (Å²) in [4.78, 5) is 6.56. The van der Waals surface area contributed by atoms with Crippen molar-refractivity contribution in [2.75, 3.05) is 13.2 Å². The largest absolute Gasteiger partial charge is 0.395 e. The van der Waals surface area contributed by atoms with Gasteiger partial charge in [-0.15, -0.1) is 0 Å². The van der Waals surface area contributed by atoms with E-state index in [1.54, 1.807) is 6.20 Å². The lowest BCUT2D eigenvalue weighted by Gasteiger charge is -2.27. The predicted octanol–water partition coefficient (Wildman–Crippen LogP) is 2.60. The minimum absolute atomic E-state index is 0.0168. The van der Waals surface area contributed by atoms with Crippen LogP contribution in [0, 0.1) is 0 Å². The van der Waals surface area contributed by atoms with Crippen LogP contribution in [-0.4, -0.2) is 37.8 Å². The second kappa shape index (κ2) is 6.53. The quantitative estimate of drug-likeness (QED) is 0.835. The first kappa shape index (κ1) is 16.9. The minimum atomic E-state index is -0.0268. The molecule has 0 aromatic carbocycles. The van der Waals surface area contributed by atoms with Gasteiger partial charge in [-0.1, -0.05) is 6.07 Å². The van der Waals surface area contributed by atoms with Gasteiger partial charge in [0, 0.05) is 30.7 Å². The molecule has 1 aliphatic rings. The van der Waals surface area contributed by atoms with Crippen LogP contribution in [0.3, 0.4) is 0 Å². The van der Waals surface area contributed by atoms with E-state index >= 15 is 0 Å². The second-order valence-corrected chi connectivity index (χ2v) is 7.45. The molecule has 1 fully saturated rings. The van der Waals surface area contributed by atoms with E-state index in [0.717, 1.165) is 5.69 Å². The average Bonchev–Trinajstić information content (AvgIpc) is 3.14. The molecule has 0 bridgehead atoms. The first-order valence-electron chi connectivity index (χ1n) is 8.19. The Labute approximate surface area is 148 Å². The molecule has 2 aromatic heterocycles. The average molecular weight is 344 g/mol. The summed E-state index contributed by atoms with van der Waals surface area (Å²) in [5.74, 6) is 0. The molecular weight excluding hydrogens is 320 g/mol. The van der Waals surface area contributed by atoms with Crippen molar-refractivity contribution >= 4 is 17.3 Å². The van der Waals surface area contributed by atoms with Crippen molar-refractivity contribution in [1.82, 2.24) is 19.8 Å². The van der Waals surface area contributed by atoms with Gasteiger partial charge in [0.2, 0.25) is 0 Å². The summed E-state index contributed by atoms with van der Waals surface area (Å²) in [7, 11) is 0. The molecular formula is C18H24N4OS. The van der Waals surface area contributed by atoms with Crippen molar-refractivity contribution in [3.8, 4) is 0 Å². The Balaban J connectivity index is 2.01. The van der Waals surface area contributed by atoms with Crippen LogP contribution in [0.1, 0.15) is 44.1 Å². The summed E-state index contributed by atoms with van der Waals surface area (Å²) in [6.45, 7) is 7.09. The van der Waals surface area contributed by atoms with Crippen molar-refractivity contribution in [3.05, 3.63) is 54.1 Å². The van der Waals surface area contributed by atoms with Gasteiger partial charge in [-0.3, -0.25) is 4.98 Å². The fourth-order valence-corrected chi connectivity index (χ4v) is 3.45. The molecule has 3 rings (SSSR count). The molecule has 6 heteroatoms. The van der Waals surface area contributed by atoms with Crippen molar-refractivity contribution in [1.29, 1.82) is 0 Å². The molecule has 0 spiro atoms. The number of hydrogen-bond donors (Lipinski definition) is 2. The van der Waals surface area contributed by atoms with Crippen LogP contribution in [0.25, 0.3) is 0 Å². The Hall–Kier alpha value is -1.92. The van der Waals surface area contributed by atoms with Gasteiger partial charge in [0.15, 0.2) is 5.11 Å². The van der Waals surface area contributed by atoms with E-state index in [9.17, 15) is 5.11 Å². The zero-order valence-corrected chi connectivity index (χ0v) is 15.1. The van der Waals surface area contributed by atoms with Gasteiger partial charge in [-0.05, 0) is 56.8 Å². The third-order valence-electron chi connectivity index (χ3n) is 4.37. The normalized spacial score (nSPS) is 21.2. The number of rotatable bonds is 4. The zero-order valence-electron chi connectivity index (χ0n) is 14.3. The number of aliphatic hydroxyl groups excluding tert-OH is 1. The number of aliphatic hydroxyl groups is 1. The highest BCUT2D eigenvalue weighted by atomic mass is 32.1. The maximum atomic E-state index is 9.45. The molecule has 24 heavy (non-hydrogen) atoms. The summed E-state index contributed by atoms with van der Waals surface area (Å²) in [5, 5.41) is 13.5. The van der Waals surface area contributed by atoms with Crippen molar-refractivity contribution in [2.45, 2.75) is 38.4 Å². The Kier molecular flexibility index (Phi) is 4.60. The molecule has 2 N–H and O–H groups in total. The summed E-state index contributed by atoms with van der Waals surface area (Å²) in [6.07, 6.45) is 6.07. The molecule has 2 atom stereocenters. The Bertz CT molecular complexity index is 707. The summed E-state index contributed by atoms with van der Waals surface area (Å²) in [5.41, 5.74) is 2.14. The molecule has 0 radical (unpaired) electrons. The molecule has 0 aliphatic carbocycles. The van der Waals surface area contributed by atoms with Gasteiger partial charge in [0.25, 0.3) is 0 Å². The van der Waals surface area contributed by atoms with Crippen LogP contribution in [-0.2, 0) is 5.54 Å². The second-order valence-electron chi connectivity index (χ2n) is 7.07. The number of aromatic nitrogens is 2. The number of β-amino-alcohol motifs (C(OH)–C–C–N with tert-alkyl or cyclic N) is 1. The maximum Gasteiger partial charge on any atom is 0.170 e. The molecule has 128 valence electrons. The lowest BCUT2D eigenvalue weighted by molar-refractivity contribution is 0.223. The summed E-state index contributed by atoms with van der Waals surface area (Å²) >= 11 is 5.51. The number of pyridine rings is 1. The summed E-state index contributed by atoms with van der Waals surface area (Å²) in [6, 6.07) is 8.03. The third kappa shape index (κ3) is 3.16. The van der Waals surface area contributed by atoms with Gasteiger partial charge < -0.3 is 19.9 Å². The van der Waals surface area contributed by atoms with Crippen LogP contribution >= 0.6 is 12.2 Å². The summed E-state index contributed by atoms with van der Waals surface area (Å²) < 4.78 is 2.20. The standard InChI is InChI=1S/C18H24N4OS/c1-18(2,3)21-9-7-13(12-21)16-15(14-6-4-5-8-19-14)20-17(24)22(16)10-11-23/h4-9,12,15-16,23H,10-11H2,1-3H3,(H,20,24). The van der Waals surface area contributed by atoms with E-state index in [0.29, 0.717) is 11.7 Å². The molecule has 0 amide bonds. The van der Waals surface area contributed by atoms with E-state index in [4.69, 9.17) is 12.2 Å². The van der Waals surface area contributed by atoms with Crippen LogP contribution in [0.4, 0.5) is 0 Å². The molecule has 0 saturated carbocycles. The highest BCUT2D eigenvalue weighted by Gasteiger charge is 2.39. The lowest BCUT2D eigenvalue weighted by Crippen LogP contribution is -2.32. The Morgan fingerprint density at radius 3 is 2.67 bits per heavy atom. The van der Waals surface area contributed by atoms with E-state index < -0.39 is 0 Å². The van der Waals surface area contributed by atoms with Crippen molar-refractivity contribution < 1.29 is 5.11 Å². The molecule has 1 saturated heterocycles. The first-order chi connectivity index (χ1) is 11.4. The predicted molar refractivity (Wildman–Crippen MR) is 98.7 cm³/mol. The smallest absolute Gasteiger partial charge is 0.170 e. The molecule has 2 aromatic rings.